The maximum Gasteiger partial charge on any atom is 0.321 e. The molecular weight excluding hydrogens is 262 g/mol. The number of carbonyl (C=O) groups is 1. The molecule has 114 valence electrons. The summed E-state index contributed by atoms with van der Waals surface area (Å²) in [6.07, 6.45) is 2.77. The lowest BCUT2D eigenvalue weighted by Crippen LogP contribution is -2.51. The largest absolute Gasteiger partial charge is 0.368 e. The number of allylic oxidation sites excluding steroid dienone is 1. The topological polar surface area (TPSA) is 35.6 Å². The van der Waals surface area contributed by atoms with Gasteiger partial charge in [-0.3, -0.25) is 0 Å². The number of nitrogens with one attached hydrogen (secondary N) is 1. The lowest BCUT2D eigenvalue weighted by atomic mass is 10.2. The first-order valence-corrected chi connectivity index (χ1v) is 7.63. The Morgan fingerprint density at radius 3 is 2.62 bits per heavy atom. The Morgan fingerprint density at radius 1 is 1.29 bits per heavy atom. The summed E-state index contributed by atoms with van der Waals surface area (Å²) in [7, 11) is 0. The van der Waals surface area contributed by atoms with Crippen LogP contribution in [-0.4, -0.2) is 37.1 Å². The van der Waals surface area contributed by atoms with E-state index in [4.69, 9.17) is 0 Å². The number of piperazine rings is 1. The quantitative estimate of drug-likeness (QED) is 0.927. The highest BCUT2D eigenvalue weighted by Crippen LogP contribution is 2.17. The van der Waals surface area contributed by atoms with Gasteiger partial charge in [0, 0.05) is 38.1 Å². The number of carbonyl (C=O) groups excluding carboxylic acids is 1. The van der Waals surface area contributed by atoms with E-state index >= 15 is 0 Å². The molecule has 1 saturated heterocycles. The Bertz CT molecular complexity index is 517. The monoisotopic (exact) mass is 287 g/mol. The first-order chi connectivity index (χ1) is 10.1. The van der Waals surface area contributed by atoms with Gasteiger partial charge >= 0.3 is 6.03 Å². The lowest BCUT2D eigenvalue weighted by molar-refractivity contribution is 0.198. The van der Waals surface area contributed by atoms with Gasteiger partial charge in [-0.05, 0) is 38.0 Å². The summed E-state index contributed by atoms with van der Waals surface area (Å²) in [6, 6.07) is 8.53. The van der Waals surface area contributed by atoms with Crippen LogP contribution in [0, 0.1) is 6.92 Å². The fourth-order valence-corrected chi connectivity index (χ4v) is 2.37. The van der Waals surface area contributed by atoms with Crippen molar-refractivity contribution < 1.29 is 4.79 Å². The number of benzene rings is 1. The zero-order valence-corrected chi connectivity index (χ0v) is 13.2. The second-order valence-corrected chi connectivity index (χ2v) is 5.61. The number of anilines is 1. The molecule has 4 nitrogen and oxygen atoms in total. The van der Waals surface area contributed by atoms with Crippen molar-refractivity contribution in [2.75, 3.05) is 31.1 Å². The molecule has 0 unspecified atom stereocenters. The van der Waals surface area contributed by atoms with Crippen molar-refractivity contribution in [3.05, 3.63) is 41.6 Å². The number of rotatable bonds is 3. The molecule has 1 fully saturated rings. The van der Waals surface area contributed by atoms with Gasteiger partial charge in [-0.1, -0.05) is 24.6 Å². The van der Waals surface area contributed by atoms with Crippen molar-refractivity contribution in [3.63, 3.8) is 0 Å². The predicted molar refractivity (Wildman–Crippen MR) is 87.5 cm³/mol. The molecule has 1 aliphatic heterocycles. The molecule has 1 heterocycles. The fraction of sp³-hybridized carbons (Fsp3) is 0.471. The van der Waals surface area contributed by atoms with Crippen LogP contribution in [0.15, 0.2) is 36.0 Å². The number of aryl methyl sites for hydroxylation is 1. The van der Waals surface area contributed by atoms with E-state index in [1.54, 1.807) is 0 Å². The molecule has 0 radical (unpaired) electrons. The highest BCUT2D eigenvalue weighted by atomic mass is 16.2. The summed E-state index contributed by atoms with van der Waals surface area (Å²) < 4.78 is 0. The van der Waals surface area contributed by atoms with E-state index in [1.165, 1.54) is 16.8 Å². The molecule has 4 heteroatoms. The third-order valence-electron chi connectivity index (χ3n) is 3.93. The summed E-state index contributed by atoms with van der Waals surface area (Å²) >= 11 is 0. The molecule has 21 heavy (non-hydrogen) atoms. The van der Waals surface area contributed by atoms with E-state index in [0.29, 0.717) is 0 Å². The molecule has 0 aliphatic carbocycles. The average molecular weight is 287 g/mol. The Kier molecular flexibility index (Phi) is 5.26. The van der Waals surface area contributed by atoms with E-state index < -0.39 is 0 Å². The van der Waals surface area contributed by atoms with Crippen molar-refractivity contribution >= 4 is 11.7 Å². The van der Waals surface area contributed by atoms with Gasteiger partial charge in [0.25, 0.3) is 0 Å². The molecule has 2 amide bonds. The SMILES string of the molecule is CC/C(C)=C/NC(=O)N1CCN(c2cccc(C)c2)CC1. The molecule has 1 aliphatic rings. The number of hydrogen-bond donors (Lipinski definition) is 1. The van der Waals surface area contributed by atoms with Crippen LogP contribution in [0.2, 0.25) is 0 Å². The van der Waals surface area contributed by atoms with Crippen molar-refractivity contribution in [2.24, 2.45) is 0 Å². The van der Waals surface area contributed by atoms with Gasteiger partial charge in [0.15, 0.2) is 0 Å². The highest BCUT2D eigenvalue weighted by Gasteiger charge is 2.20. The first kappa shape index (κ1) is 15.4. The zero-order valence-electron chi connectivity index (χ0n) is 13.2. The van der Waals surface area contributed by atoms with Crippen LogP contribution >= 0.6 is 0 Å². The fourth-order valence-electron chi connectivity index (χ4n) is 2.37. The minimum absolute atomic E-state index is 0.00620. The van der Waals surface area contributed by atoms with Gasteiger partial charge in [0.1, 0.15) is 0 Å². The molecule has 0 bridgehead atoms. The Morgan fingerprint density at radius 2 is 2.00 bits per heavy atom. The van der Waals surface area contributed by atoms with E-state index in [9.17, 15) is 4.79 Å². The number of hydrogen-bond acceptors (Lipinski definition) is 2. The van der Waals surface area contributed by atoms with E-state index in [1.807, 2.05) is 18.0 Å². The predicted octanol–water partition coefficient (Wildman–Crippen LogP) is 3.14. The second kappa shape index (κ2) is 7.16. The average Bonchev–Trinajstić information content (AvgIpc) is 2.52. The molecule has 0 spiro atoms. The lowest BCUT2D eigenvalue weighted by Gasteiger charge is -2.36. The van der Waals surface area contributed by atoms with Crippen LogP contribution in [0.3, 0.4) is 0 Å². The van der Waals surface area contributed by atoms with Gasteiger partial charge in [0.05, 0.1) is 0 Å². The van der Waals surface area contributed by atoms with Gasteiger partial charge in [0.2, 0.25) is 0 Å². The van der Waals surface area contributed by atoms with E-state index in [0.717, 1.165) is 32.6 Å². The van der Waals surface area contributed by atoms with Crippen molar-refractivity contribution in [1.29, 1.82) is 0 Å². The maximum atomic E-state index is 12.1. The Balaban J connectivity index is 1.87. The van der Waals surface area contributed by atoms with E-state index in [2.05, 4.69) is 48.3 Å². The van der Waals surface area contributed by atoms with Crippen LogP contribution in [0.1, 0.15) is 25.8 Å². The minimum Gasteiger partial charge on any atom is -0.368 e. The van der Waals surface area contributed by atoms with Crippen LogP contribution in [-0.2, 0) is 0 Å². The standard InChI is InChI=1S/C17H25N3O/c1-4-14(2)13-18-17(21)20-10-8-19(9-11-20)16-7-5-6-15(3)12-16/h5-7,12-13H,4,8-11H2,1-3H3,(H,18,21)/b14-13+. The van der Waals surface area contributed by atoms with Crippen molar-refractivity contribution in [2.45, 2.75) is 27.2 Å². The third-order valence-corrected chi connectivity index (χ3v) is 3.93. The van der Waals surface area contributed by atoms with Crippen molar-refractivity contribution in [3.8, 4) is 0 Å². The second-order valence-electron chi connectivity index (χ2n) is 5.61. The summed E-state index contributed by atoms with van der Waals surface area (Å²) in [5, 5.41) is 2.87. The normalized spacial score (nSPS) is 16.0. The summed E-state index contributed by atoms with van der Waals surface area (Å²) in [5.74, 6) is 0. The highest BCUT2D eigenvalue weighted by molar-refractivity contribution is 5.75. The van der Waals surface area contributed by atoms with Gasteiger partial charge in [-0.25, -0.2) is 4.79 Å². The Labute approximate surface area is 127 Å². The third kappa shape index (κ3) is 4.25. The summed E-state index contributed by atoms with van der Waals surface area (Å²) in [5.41, 5.74) is 3.70. The maximum absolute atomic E-state index is 12.1. The smallest absolute Gasteiger partial charge is 0.321 e. The molecule has 1 aromatic rings. The molecular formula is C17H25N3O. The minimum atomic E-state index is 0.00620. The number of nitrogens with zero attached hydrogens (tertiary/aromatic N) is 2. The zero-order chi connectivity index (χ0) is 15.2. The van der Waals surface area contributed by atoms with Crippen LogP contribution < -0.4 is 10.2 Å². The van der Waals surface area contributed by atoms with Gasteiger partial charge < -0.3 is 15.1 Å². The molecule has 1 aromatic carbocycles. The molecule has 0 atom stereocenters. The van der Waals surface area contributed by atoms with Gasteiger partial charge in [-0.2, -0.15) is 0 Å². The molecule has 0 aromatic heterocycles. The Hall–Kier alpha value is -1.97. The first-order valence-electron chi connectivity index (χ1n) is 7.63. The molecule has 0 saturated carbocycles. The number of urea groups is 1. The van der Waals surface area contributed by atoms with Gasteiger partial charge in [-0.15, -0.1) is 0 Å². The molecule has 2 rings (SSSR count). The molecule has 1 N–H and O–H groups in total. The summed E-state index contributed by atoms with van der Waals surface area (Å²) in [4.78, 5) is 16.3. The summed E-state index contributed by atoms with van der Waals surface area (Å²) in [6.45, 7) is 9.50. The van der Waals surface area contributed by atoms with Crippen LogP contribution in [0.4, 0.5) is 10.5 Å². The van der Waals surface area contributed by atoms with Crippen LogP contribution in [0.25, 0.3) is 0 Å². The van der Waals surface area contributed by atoms with Crippen molar-refractivity contribution in [1.82, 2.24) is 10.2 Å². The van der Waals surface area contributed by atoms with E-state index in [-0.39, 0.29) is 6.03 Å². The van der Waals surface area contributed by atoms with Crippen LogP contribution in [0.5, 0.6) is 0 Å². The number of amides is 2.